The van der Waals surface area contributed by atoms with E-state index in [-0.39, 0.29) is 5.56 Å². The molecule has 1 N–H and O–H groups in total. The highest BCUT2D eigenvalue weighted by molar-refractivity contribution is 9.10. The molecular weight excluding hydrogens is 340 g/mol. The first-order chi connectivity index (χ1) is 8.56. The first kappa shape index (κ1) is 13.4. The van der Waals surface area contributed by atoms with Crippen LogP contribution in [-0.2, 0) is 6.61 Å². The van der Waals surface area contributed by atoms with Crippen LogP contribution in [0, 0.1) is 0 Å². The minimum absolute atomic E-state index is 0.132. The largest absolute Gasteiger partial charge is 0.487 e. The summed E-state index contributed by atoms with van der Waals surface area (Å²) in [6.07, 6.45) is 0. The highest BCUT2D eigenvalue weighted by atomic mass is 79.9. The van der Waals surface area contributed by atoms with Gasteiger partial charge in [-0.25, -0.2) is 4.79 Å². The van der Waals surface area contributed by atoms with E-state index in [2.05, 4.69) is 15.9 Å². The lowest BCUT2D eigenvalue weighted by atomic mass is 10.2. The third-order valence-corrected chi connectivity index (χ3v) is 3.87. The van der Waals surface area contributed by atoms with Gasteiger partial charge in [0.1, 0.15) is 17.9 Å². The Bertz CT molecular complexity index is 582. The van der Waals surface area contributed by atoms with Crippen molar-refractivity contribution in [3.8, 4) is 5.75 Å². The zero-order chi connectivity index (χ0) is 13.1. The van der Waals surface area contributed by atoms with Crippen LogP contribution in [0.2, 0.25) is 4.34 Å². The van der Waals surface area contributed by atoms with Gasteiger partial charge in [0, 0.05) is 9.35 Å². The van der Waals surface area contributed by atoms with Crippen LogP contribution in [0.25, 0.3) is 0 Å². The Morgan fingerprint density at radius 3 is 2.78 bits per heavy atom. The van der Waals surface area contributed by atoms with Crippen LogP contribution in [-0.4, -0.2) is 11.1 Å². The van der Waals surface area contributed by atoms with E-state index in [1.807, 2.05) is 6.07 Å². The second kappa shape index (κ2) is 5.73. The van der Waals surface area contributed by atoms with Gasteiger partial charge in [0.15, 0.2) is 0 Å². The molecule has 1 heterocycles. The van der Waals surface area contributed by atoms with Crippen molar-refractivity contribution >= 4 is 44.8 Å². The zero-order valence-electron chi connectivity index (χ0n) is 9.02. The lowest BCUT2D eigenvalue weighted by Crippen LogP contribution is -2.02. The van der Waals surface area contributed by atoms with Crippen molar-refractivity contribution in [3.05, 3.63) is 49.6 Å². The van der Waals surface area contributed by atoms with Crippen LogP contribution in [0.4, 0.5) is 0 Å². The highest BCUT2D eigenvalue weighted by Crippen LogP contribution is 2.26. The predicted octanol–water partition coefficient (Wildman–Crippen LogP) is 4.44. The molecule has 0 radical (unpaired) electrons. The maximum atomic E-state index is 11.1. The molecule has 0 unspecified atom stereocenters. The molecule has 3 nitrogen and oxygen atoms in total. The van der Waals surface area contributed by atoms with Crippen LogP contribution < -0.4 is 4.74 Å². The summed E-state index contributed by atoms with van der Waals surface area (Å²) in [5.74, 6) is -0.675. The lowest BCUT2D eigenvalue weighted by Gasteiger charge is -2.08. The molecule has 18 heavy (non-hydrogen) atoms. The molecule has 1 aromatic heterocycles. The Hall–Kier alpha value is -1.04. The molecule has 0 bridgehead atoms. The maximum absolute atomic E-state index is 11.1. The van der Waals surface area contributed by atoms with Gasteiger partial charge in [-0.3, -0.25) is 0 Å². The molecule has 1 aromatic carbocycles. The van der Waals surface area contributed by atoms with Gasteiger partial charge in [-0.05, 0) is 30.3 Å². The third kappa shape index (κ3) is 3.25. The Morgan fingerprint density at radius 2 is 2.17 bits per heavy atom. The van der Waals surface area contributed by atoms with Gasteiger partial charge in [-0.2, -0.15) is 0 Å². The quantitative estimate of drug-likeness (QED) is 0.889. The fourth-order valence-electron chi connectivity index (χ4n) is 1.37. The van der Waals surface area contributed by atoms with Gasteiger partial charge < -0.3 is 9.84 Å². The van der Waals surface area contributed by atoms with E-state index >= 15 is 0 Å². The number of carbonyl (C=O) groups is 1. The van der Waals surface area contributed by atoms with Crippen molar-refractivity contribution in [2.75, 3.05) is 0 Å². The standard InChI is InChI=1S/C12H8BrClO3S/c13-7-1-3-10(9(5-7)12(15)16)17-6-8-2-4-11(14)18-8/h1-5H,6H2,(H,15,16). The minimum atomic E-state index is -1.02. The number of rotatable bonds is 4. The Morgan fingerprint density at radius 1 is 1.39 bits per heavy atom. The maximum Gasteiger partial charge on any atom is 0.339 e. The van der Waals surface area contributed by atoms with Gasteiger partial charge in [0.05, 0.1) is 4.34 Å². The minimum Gasteiger partial charge on any atom is -0.487 e. The summed E-state index contributed by atoms with van der Waals surface area (Å²) < 4.78 is 6.89. The summed E-state index contributed by atoms with van der Waals surface area (Å²) in [6, 6.07) is 8.52. The molecule has 2 aromatic rings. The second-order valence-electron chi connectivity index (χ2n) is 3.44. The number of benzene rings is 1. The number of hydrogen-bond acceptors (Lipinski definition) is 3. The summed E-state index contributed by atoms with van der Waals surface area (Å²) >= 11 is 10.4. The topological polar surface area (TPSA) is 46.5 Å². The van der Waals surface area contributed by atoms with Gasteiger partial charge in [0.2, 0.25) is 0 Å². The number of aromatic carboxylic acids is 1. The number of halogens is 2. The number of thiophene rings is 1. The second-order valence-corrected chi connectivity index (χ2v) is 6.16. The van der Waals surface area contributed by atoms with E-state index in [1.165, 1.54) is 17.4 Å². The zero-order valence-corrected chi connectivity index (χ0v) is 12.2. The molecule has 0 saturated carbocycles. The predicted molar refractivity (Wildman–Crippen MR) is 74.8 cm³/mol. The number of hydrogen-bond donors (Lipinski definition) is 1. The van der Waals surface area contributed by atoms with Crippen LogP contribution in [0.5, 0.6) is 5.75 Å². The molecule has 0 aliphatic heterocycles. The van der Waals surface area contributed by atoms with E-state index in [0.29, 0.717) is 21.2 Å². The van der Waals surface area contributed by atoms with Gasteiger partial charge in [-0.15, -0.1) is 11.3 Å². The van der Waals surface area contributed by atoms with Crippen LogP contribution in [0.3, 0.4) is 0 Å². The molecule has 2 rings (SSSR count). The molecule has 0 amide bonds. The van der Waals surface area contributed by atoms with Crippen molar-refractivity contribution in [3.63, 3.8) is 0 Å². The molecule has 0 fully saturated rings. The number of ether oxygens (including phenoxy) is 1. The van der Waals surface area contributed by atoms with Crippen molar-refractivity contribution in [1.82, 2.24) is 0 Å². The summed E-state index contributed by atoms with van der Waals surface area (Å²) in [6.45, 7) is 0.305. The van der Waals surface area contributed by atoms with E-state index in [1.54, 1.807) is 18.2 Å². The van der Waals surface area contributed by atoms with Crippen LogP contribution in [0.1, 0.15) is 15.2 Å². The molecule has 94 valence electrons. The number of carboxylic acid groups (broad SMARTS) is 1. The summed E-state index contributed by atoms with van der Waals surface area (Å²) in [4.78, 5) is 12.0. The molecule has 0 saturated heterocycles. The van der Waals surface area contributed by atoms with E-state index in [9.17, 15) is 4.79 Å². The van der Waals surface area contributed by atoms with E-state index < -0.39 is 5.97 Å². The first-order valence-corrected chi connectivity index (χ1v) is 6.95. The first-order valence-electron chi connectivity index (χ1n) is 4.96. The Balaban J connectivity index is 2.16. The normalized spacial score (nSPS) is 10.3. The Kier molecular flexibility index (Phi) is 4.27. The molecular formula is C12H8BrClO3S. The molecule has 0 atom stereocenters. The van der Waals surface area contributed by atoms with E-state index in [4.69, 9.17) is 21.4 Å². The molecule has 0 spiro atoms. The summed E-state index contributed by atoms with van der Waals surface area (Å²) in [5.41, 5.74) is 0.132. The van der Waals surface area contributed by atoms with Crippen molar-refractivity contribution in [2.24, 2.45) is 0 Å². The summed E-state index contributed by atoms with van der Waals surface area (Å²) in [7, 11) is 0. The van der Waals surface area contributed by atoms with Crippen molar-refractivity contribution < 1.29 is 14.6 Å². The molecule has 0 aliphatic carbocycles. The van der Waals surface area contributed by atoms with E-state index in [0.717, 1.165) is 4.88 Å². The lowest BCUT2D eigenvalue weighted by molar-refractivity contribution is 0.0691. The number of carboxylic acids is 1. The van der Waals surface area contributed by atoms with Crippen LogP contribution in [0.15, 0.2) is 34.8 Å². The average molecular weight is 348 g/mol. The SMILES string of the molecule is O=C(O)c1cc(Br)ccc1OCc1ccc(Cl)s1. The molecule has 0 aliphatic rings. The fraction of sp³-hybridized carbons (Fsp3) is 0.0833. The van der Waals surface area contributed by atoms with Crippen LogP contribution >= 0.6 is 38.9 Å². The van der Waals surface area contributed by atoms with Gasteiger partial charge >= 0.3 is 5.97 Å². The Labute approximate surface area is 121 Å². The highest BCUT2D eigenvalue weighted by Gasteiger charge is 2.12. The smallest absolute Gasteiger partial charge is 0.339 e. The fourth-order valence-corrected chi connectivity index (χ4v) is 2.74. The average Bonchev–Trinajstić information content (AvgIpc) is 2.73. The van der Waals surface area contributed by atoms with Crippen molar-refractivity contribution in [2.45, 2.75) is 6.61 Å². The summed E-state index contributed by atoms with van der Waals surface area (Å²) in [5, 5.41) is 9.07. The molecule has 6 heteroatoms. The van der Waals surface area contributed by atoms with Gasteiger partial charge in [0.25, 0.3) is 0 Å². The monoisotopic (exact) mass is 346 g/mol. The third-order valence-electron chi connectivity index (χ3n) is 2.17. The van der Waals surface area contributed by atoms with Gasteiger partial charge in [-0.1, -0.05) is 27.5 Å². The van der Waals surface area contributed by atoms with Crippen molar-refractivity contribution in [1.29, 1.82) is 0 Å².